The van der Waals surface area contributed by atoms with Gasteiger partial charge in [0.25, 0.3) is 0 Å². The zero-order chi connectivity index (χ0) is 68.8. The topological polar surface area (TPSA) is 348 Å². The van der Waals surface area contributed by atoms with Crippen molar-refractivity contribution < 1.29 is 131 Å². The number of ether oxygens (including phenoxy) is 18. The van der Waals surface area contributed by atoms with Crippen molar-refractivity contribution in [3.05, 3.63) is 0 Å². The molecule has 0 amide bonds. The molecule has 0 spiro atoms. The molecule has 0 fully saturated rings. The quantitative estimate of drug-likeness (QED) is 0.0422. The summed E-state index contributed by atoms with van der Waals surface area (Å²) in [6.45, 7) is 39.0. The van der Waals surface area contributed by atoms with E-state index in [0.717, 1.165) is 0 Å². The van der Waals surface area contributed by atoms with Gasteiger partial charge in [0, 0.05) is 0 Å². The van der Waals surface area contributed by atoms with Gasteiger partial charge in [-0.2, -0.15) is 0 Å². The first-order chi connectivity index (χ1) is 42.4. The fourth-order valence-corrected chi connectivity index (χ4v) is 6.86. The summed E-state index contributed by atoms with van der Waals surface area (Å²) >= 11 is 0. The first-order valence-electron chi connectivity index (χ1n) is 32.3. The molecule has 0 aliphatic heterocycles. The summed E-state index contributed by atoms with van der Waals surface area (Å²) in [4.78, 5) is 0. The first kappa shape index (κ1) is 93.1. The number of hydrogen-bond donors (Lipinski definition) is 9. The van der Waals surface area contributed by atoms with Gasteiger partial charge in [0.1, 0.15) is 18.3 Å². The molecule has 0 aromatic heterocycles. The highest BCUT2D eigenvalue weighted by Gasteiger charge is 2.20. The van der Waals surface area contributed by atoms with Crippen molar-refractivity contribution in [2.24, 2.45) is 0 Å². The average molecular weight is 1320 g/mol. The number of hydrogen-bond acceptors (Lipinski definition) is 27. The van der Waals surface area contributed by atoms with Crippen LogP contribution in [0.3, 0.4) is 0 Å². The van der Waals surface area contributed by atoms with Crippen LogP contribution in [0.2, 0.25) is 0 Å². The number of rotatable bonds is 60. The molecule has 9 N–H and O–H groups in total. The Balaban J connectivity index is -0.00000137. The highest BCUT2D eigenvalue weighted by atomic mass is 16.6. The van der Waals surface area contributed by atoms with E-state index in [4.69, 9.17) is 111 Å². The normalized spacial score (nSPS) is 19.1. The summed E-state index contributed by atoms with van der Waals surface area (Å²) in [5, 5.41) is 82.7. The van der Waals surface area contributed by atoms with Gasteiger partial charge >= 0.3 is 0 Å². The van der Waals surface area contributed by atoms with Gasteiger partial charge < -0.3 is 131 Å². The standard InChI is InChI=1S/C30H62O12.C21H44O9.C12H26O6/c1-21(33)12-36-26(6)15-37-27(7)16-40-30(19-34-13-24(4)38-17-28(8)41-22(2)10-31)20-35-14-25(5)39-18-29(9)42-23(3)11-32;1-15(22)7-27-18(4)10-25-13-21(30-12-20(6)29-9-17(3)24)14-26-11-19(5)28-8-16(2)23;1-9(13)4-16-7-12(18-6-11(3)15)8-17-5-10(2)14/h21-33H,10-20H2,1-9H3;15-24H,7-14H2,1-6H3;9-15H,4-8H2,1-3H3. The Bertz CT molecular complexity index is 1400. The second-order valence-corrected chi connectivity index (χ2v) is 23.9. The Labute approximate surface area is 541 Å². The van der Waals surface area contributed by atoms with Gasteiger partial charge in [-0.25, -0.2) is 0 Å². The molecule has 0 heterocycles. The third-order valence-corrected chi connectivity index (χ3v) is 11.4. The van der Waals surface area contributed by atoms with E-state index >= 15 is 0 Å². The van der Waals surface area contributed by atoms with E-state index in [1.54, 1.807) is 48.5 Å². The van der Waals surface area contributed by atoms with Crippen molar-refractivity contribution in [3.63, 3.8) is 0 Å². The smallest absolute Gasteiger partial charge is 0.104 e. The third-order valence-electron chi connectivity index (χ3n) is 11.4. The second kappa shape index (κ2) is 61.5. The highest BCUT2D eigenvalue weighted by molar-refractivity contribution is 4.65. The van der Waals surface area contributed by atoms with Crippen LogP contribution in [-0.2, 0) is 85.3 Å². The summed E-state index contributed by atoms with van der Waals surface area (Å²) in [5.41, 5.74) is 0. The molecular formula is C63H132O27. The van der Waals surface area contributed by atoms with E-state index in [0.29, 0.717) is 85.9 Å². The number of aliphatic hydroxyl groups is 9. The predicted octanol–water partition coefficient (Wildman–Crippen LogP) is 2.29. The van der Waals surface area contributed by atoms with E-state index in [1.165, 1.54) is 0 Å². The Morgan fingerprint density at radius 1 is 0.178 bits per heavy atom. The fraction of sp³-hybridized carbons (Fsp3) is 1.00. The minimum absolute atomic E-state index is 0.0335. The van der Waals surface area contributed by atoms with Crippen molar-refractivity contribution in [1.29, 1.82) is 0 Å². The lowest BCUT2D eigenvalue weighted by Crippen LogP contribution is -2.33. The number of aliphatic hydroxyl groups excluding tert-OH is 9. The van der Waals surface area contributed by atoms with Gasteiger partial charge in [0.05, 0.1) is 268 Å². The highest BCUT2D eigenvalue weighted by Crippen LogP contribution is 2.09. The molecule has 0 aromatic carbocycles. The van der Waals surface area contributed by atoms with E-state index < -0.39 is 42.7 Å². The zero-order valence-electron chi connectivity index (χ0n) is 58.5. The van der Waals surface area contributed by atoms with Gasteiger partial charge in [-0.1, -0.05) is 0 Å². The molecule has 0 saturated carbocycles. The molecule has 18 atom stereocenters. The zero-order valence-corrected chi connectivity index (χ0v) is 58.5. The maximum absolute atomic E-state index is 9.37. The van der Waals surface area contributed by atoms with Gasteiger partial charge in [-0.05, 0) is 125 Å². The maximum Gasteiger partial charge on any atom is 0.104 e. The van der Waals surface area contributed by atoms with Crippen molar-refractivity contribution in [3.8, 4) is 0 Å². The minimum Gasteiger partial charge on any atom is -0.394 e. The van der Waals surface area contributed by atoms with E-state index in [-0.39, 0.29) is 158 Å². The monoisotopic (exact) mass is 1320 g/mol. The van der Waals surface area contributed by atoms with Crippen LogP contribution in [0.1, 0.15) is 125 Å². The Hall–Kier alpha value is -1.08. The lowest BCUT2D eigenvalue weighted by Gasteiger charge is -2.24. The Kier molecular flexibility index (Phi) is 63.6. The first-order valence-corrected chi connectivity index (χ1v) is 32.3. The van der Waals surface area contributed by atoms with Crippen LogP contribution in [-0.4, -0.2) is 333 Å². The van der Waals surface area contributed by atoms with Crippen molar-refractivity contribution in [2.75, 3.05) is 159 Å². The van der Waals surface area contributed by atoms with Gasteiger partial charge in [-0.15, -0.1) is 0 Å². The lowest BCUT2D eigenvalue weighted by molar-refractivity contribution is -0.124. The lowest BCUT2D eigenvalue weighted by atomic mass is 10.3. The molecule has 18 unspecified atom stereocenters. The van der Waals surface area contributed by atoms with Crippen molar-refractivity contribution in [1.82, 2.24) is 0 Å². The maximum atomic E-state index is 9.37. The minimum atomic E-state index is -0.555. The molecule has 0 radical (unpaired) electrons. The van der Waals surface area contributed by atoms with E-state index in [1.807, 2.05) is 76.2 Å². The predicted molar refractivity (Wildman–Crippen MR) is 338 cm³/mol. The van der Waals surface area contributed by atoms with Gasteiger partial charge in [0.2, 0.25) is 0 Å². The van der Waals surface area contributed by atoms with Crippen molar-refractivity contribution in [2.45, 2.75) is 253 Å². The SMILES string of the molecule is CC(O)COC(C)COC(C)COC(COCC(C)OCC(C)OC(C)CO)COCC(C)OCC(C)OC(C)CO.CC(O)COC(C)COCC(COCC(C)OCC(C)O)OCC(C)OCC(C)O.CC(O)COCC(COCC(C)O)OCC(C)O. The fourth-order valence-electron chi connectivity index (χ4n) is 6.86. The van der Waals surface area contributed by atoms with Crippen LogP contribution in [0, 0.1) is 0 Å². The van der Waals surface area contributed by atoms with Crippen LogP contribution >= 0.6 is 0 Å². The molecule has 90 heavy (non-hydrogen) atoms. The van der Waals surface area contributed by atoms with E-state index in [2.05, 4.69) is 0 Å². The Morgan fingerprint density at radius 3 is 0.567 bits per heavy atom. The summed E-state index contributed by atoms with van der Waals surface area (Å²) in [6.07, 6.45) is -6.52. The summed E-state index contributed by atoms with van der Waals surface area (Å²) in [6, 6.07) is 0. The third kappa shape index (κ3) is 68.3. The molecule has 0 rings (SSSR count). The summed E-state index contributed by atoms with van der Waals surface area (Å²) in [5.74, 6) is 0. The molecule has 546 valence electrons. The molecule has 27 heteroatoms. The van der Waals surface area contributed by atoms with Gasteiger partial charge in [0.15, 0.2) is 0 Å². The second-order valence-electron chi connectivity index (χ2n) is 23.9. The van der Waals surface area contributed by atoms with E-state index in [9.17, 15) is 20.4 Å². The summed E-state index contributed by atoms with van der Waals surface area (Å²) < 4.78 is 102. The molecule has 0 aliphatic rings. The molecule has 0 aliphatic carbocycles. The molecule has 27 nitrogen and oxygen atoms in total. The van der Waals surface area contributed by atoms with Gasteiger partial charge in [-0.3, -0.25) is 0 Å². The molecular weight excluding hydrogens is 1190 g/mol. The Morgan fingerprint density at radius 2 is 0.344 bits per heavy atom. The molecule has 0 bridgehead atoms. The van der Waals surface area contributed by atoms with Crippen LogP contribution in [0.5, 0.6) is 0 Å². The van der Waals surface area contributed by atoms with Crippen molar-refractivity contribution >= 4 is 0 Å². The molecule has 0 saturated heterocycles. The molecule has 0 aromatic rings. The van der Waals surface area contributed by atoms with Crippen LogP contribution in [0.25, 0.3) is 0 Å². The van der Waals surface area contributed by atoms with Crippen LogP contribution < -0.4 is 0 Å². The summed E-state index contributed by atoms with van der Waals surface area (Å²) in [7, 11) is 0. The van der Waals surface area contributed by atoms with Crippen LogP contribution in [0.4, 0.5) is 0 Å². The van der Waals surface area contributed by atoms with Crippen LogP contribution in [0.15, 0.2) is 0 Å². The average Bonchev–Trinajstić information content (AvgIpc) is 3.64. The largest absolute Gasteiger partial charge is 0.394 e.